The molecule has 0 aliphatic heterocycles. The smallest absolute Gasteiger partial charge is 0.343 e. The number of esters is 1. The Hall–Kier alpha value is -3.87. The summed E-state index contributed by atoms with van der Waals surface area (Å²) in [4.78, 5) is 24.8. The van der Waals surface area contributed by atoms with Gasteiger partial charge in [0.25, 0.3) is 0 Å². The van der Waals surface area contributed by atoms with Crippen LogP contribution < -0.4 is 10.1 Å². The van der Waals surface area contributed by atoms with Crippen molar-refractivity contribution in [2.75, 3.05) is 19.0 Å². The van der Waals surface area contributed by atoms with E-state index >= 15 is 0 Å². The molecule has 3 rings (SSSR count). The van der Waals surface area contributed by atoms with Crippen molar-refractivity contribution in [2.45, 2.75) is 6.92 Å². The molecule has 1 aromatic heterocycles. The van der Waals surface area contributed by atoms with E-state index in [4.69, 9.17) is 9.47 Å². The second kappa shape index (κ2) is 9.36. The fourth-order valence-electron chi connectivity index (χ4n) is 2.64. The van der Waals surface area contributed by atoms with Crippen molar-refractivity contribution in [3.63, 3.8) is 0 Å². The maximum absolute atomic E-state index is 12.5. The van der Waals surface area contributed by atoms with Gasteiger partial charge in [-0.1, -0.05) is 30.3 Å². The standard InChI is InChI=1S/C22H21N3O4/c1-3-29-22(27)19-15-23-25(17-7-5-4-6-8-17)21(19)24-20(26)14-11-16-9-12-18(28-2)13-10-16/h4-15H,3H2,1-2H3,(H,24,26)/b14-11+. The minimum atomic E-state index is -0.552. The molecule has 0 saturated carbocycles. The van der Waals surface area contributed by atoms with Crippen LogP contribution in [0.2, 0.25) is 0 Å². The molecule has 1 N–H and O–H groups in total. The predicted octanol–water partition coefficient (Wildman–Crippen LogP) is 3.71. The third-order valence-corrected chi connectivity index (χ3v) is 4.05. The van der Waals surface area contributed by atoms with Crippen molar-refractivity contribution in [2.24, 2.45) is 0 Å². The number of hydrogen-bond acceptors (Lipinski definition) is 5. The van der Waals surface area contributed by atoms with Crippen LogP contribution in [-0.2, 0) is 9.53 Å². The van der Waals surface area contributed by atoms with Crippen molar-refractivity contribution >= 4 is 23.8 Å². The Balaban J connectivity index is 1.85. The lowest BCUT2D eigenvalue weighted by Crippen LogP contribution is -2.16. The molecule has 0 aliphatic carbocycles. The van der Waals surface area contributed by atoms with E-state index in [1.807, 2.05) is 42.5 Å². The number of carbonyl (C=O) groups is 2. The summed E-state index contributed by atoms with van der Waals surface area (Å²) >= 11 is 0. The number of aromatic nitrogens is 2. The van der Waals surface area contributed by atoms with Gasteiger partial charge >= 0.3 is 5.97 Å². The largest absolute Gasteiger partial charge is 0.497 e. The summed E-state index contributed by atoms with van der Waals surface area (Å²) in [7, 11) is 1.59. The highest BCUT2D eigenvalue weighted by atomic mass is 16.5. The summed E-state index contributed by atoms with van der Waals surface area (Å²) in [6, 6.07) is 16.5. The number of para-hydroxylation sites is 1. The Morgan fingerprint density at radius 2 is 1.83 bits per heavy atom. The topological polar surface area (TPSA) is 82.5 Å². The van der Waals surface area contributed by atoms with Gasteiger partial charge in [-0.25, -0.2) is 9.48 Å². The second-order valence-corrected chi connectivity index (χ2v) is 5.97. The van der Waals surface area contributed by atoms with Crippen LogP contribution in [-0.4, -0.2) is 35.4 Å². The summed E-state index contributed by atoms with van der Waals surface area (Å²) in [5, 5.41) is 6.98. The number of methoxy groups -OCH3 is 1. The van der Waals surface area contributed by atoms with E-state index in [1.54, 1.807) is 32.2 Å². The van der Waals surface area contributed by atoms with Crippen molar-refractivity contribution in [3.05, 3.63) is 78.0 Å². The number of nitrogens with one attached hydrogen (secondary N) is 1. The van der Waals surface area contributed by atoms with Crippen LogP contribution in [0.1, 0.15) is 22.8 Å². The van der Waals surface area contributed by atoms with Gasteiger partial charge in [0.05, 0.1) is 25.6 Å². The number of carbonyl (C=O) groups excluding carboxylic acids is 2. The Bertz CT molecular complexity index is 1010. The number of amides is 1. The molecule has 7 heteroatoms. The number of hydrogen-bond donors (Lipinski definition) is 1. The molecule has 0 saturated heterocycles. The summed E-state index contributed by atoms with van der Waals surface area (Å²) in [6.45, 7) is 1.94. The average molecular weight is 391 g/mol. The van der Waals surface area contributed by atoms with Crippen molar-refractivity contribution in [3.8, 4) is 11.4 Å². The fraction of sp³-hybridized carbons (Fsp3) is 0.136. The summed E-state index contributed by atoms with van der Waals surface area (Å²) in [5.74, 6) is 0.0321. The highest BCUT2D eigenvalue weighted by molar-refractivity contribution is 6.05. The lowest BCUT2D eigenvalue weighted by atomic mass is 10.2. The van der Waals surface area contributed by atoms with Gasteiger partial charge in [0.15, 0.2) is 5.82 Å². The van der Waals surface area contributed by atoms with Crippen LogP contribution in [0.4, 0.5) is 5.82 Å². The Morgan fingerprint density at radius 1 is 1.10 bits per heavy atom. The Kier molecular flexibility index (Phi) is 6.42. The highest BCUT2D eigenvalue weighted by Crippen LogP contribution is 2.21. The first-order valence-electron chi connectivity index (χ1n) is 9.06. The number of rotatable bonds is 7. The van der Waals surface area contributed by atoms with E-state index in [0.717, 1.165) is 11.3 Å². The first-order chi connectivity index (χ1) is 14.1. The maximum Gasteiger partial charge on any atom is 0.343 e. The van der Waals surface area contributed by atoms with Gasteiger partial charge in [-0.2, -0.15) is 5.10 Å². The average Bonchev–Trinajstić information content (AvgIpc) is 3.17. The summed E-state index contributed by atoms with van der Waals surface area (Å²) in [5.41, 5.74) is 1.72. The molecule has 7 nitrogen and oxygen atoms in total. The zero-order valence-corrected chi connectivity index (χ0v) is 16.2. The van der Waals surface area contributed by atoms with Gasteiger partial charge in [0, 0.05) is 6.08 Å². The zero-order valence-electron chi connectivity index (χ0n) is 16.2. The molecule has 29 heavy (non-hydrogen) atoms. The summed E-state index contributed by atoms with van der Waals surface area (Å²) < 4.78 is 11.7. The van der Waals surface area contributed by atoms with E-state index in [9.17, 15) is 9.59 Å². The Labute approximate surface area is 168 Å². The number of ether oxygens (including phenoxy) is 2. The molecular weight excluding hydrogens is 370 g/mol. The highest BCUT2D eigenvalue weighted by Gasteiger charge is 2.20. The molecule has 0 bridgehead atoms. The maximum atomic E-state index is 12.5. The lowest BCUT2D eigenvalue weighted by Gasteiger charge is -2.10. The van der Waals surface area contributed by atoms with Crippen LogP contribution >= 0.6 is 0 Å². The molecule has 2 aromatic carbocycles. The minimum Gasteiger partial charge on any atom is -0.497 e. The number of benzene rings is 2. The molecule has 0 aliphatic rings. The molecular formula is C22H21N3O4. The van der Waals surface area contributed by atoms with Gasteiger partial charge in [0.2, 0.25) is 5.91 Å². The predicted molar refractivity (Wildman–Crippen MR) is 110 cm³/mol. The SMILES string of the molecule is CCOC(=O)c1cnn(-c2ccccc2)c1NC(=O)/C=C/c1ccc(OC)cc1. The van der Waals surface area contributed by atoms with Crippen LogP contribution in [0.25, 0.3) is 11.8 Å². The van der Waals surface area contributed by atoms with Crippen LogP contribution in [0.5, 0.6) is 5.75 Å². The van der Waals surface area contributed by atoms with Crippen molar-refractivity contribution in [1.29, 1.82) is 0 Å². The van der Waals surface area contributed by atoms with Gasteiger partial charge in [-0.15, -0.1) is 0 Å². The van der Waals surface area contributed by atoms with Gasteiger partial charge in [-0.05, 0) is 42.8 Å². The quantitative estimate of drug-likeness (QED) is 0.490. The van der Waals surface area contributed by atoms with E-state index in [-0.39, 0.29) is 18.0 Å². The van der Waals surface area contributed by atoms with Crippen LogP contribution in [0.3, 0.4) is 0 Å². The minimum absolute atomic E-state index is 0.182. The fourth-order valence-corrected chi connectivity index (χ4v) is 2.64. The molecule has 148 valence electrons. The number of anilines is 1. The Morgan fingerprint density at radius 3 is 2.48 bits per heavy atom. The van der Waals surface area contributed by atoms with Gasteiger partial charge in [-0.3, -0.25) is 4.79 Å². The second-order valence-electron chi connectivity index (χ2n) is 5.97. The van der Waals surface area contributed by atoms with E-state index in [2.05, 4.69) is 10.4 Å². The molecule has 0 spiro atoms. The molecule has 3 aromatic rings. The monoisotopic (exact) mass is 391 g/mol. The first kappa shape index (κ1) is 19.9. The number of nitrogens with zero attached hydrogens (tertiary/aromatic N) is 2. The zero-order chi connectivity index (χ0) is 20.6. The van der Waals surface area contributed by atoms with E-state index < -0.39 is 11.9 Å². The molecule has 0 atom stereocenters. The van der Waals surface area contributed by atoms with E-state index in [1.165, 1.54) is 17.0 Å². The lowest BCUT2D eigenvalue weighted by molar-refractivity contribution is -0.111. The molecule has 0 radical (unpaired) electrons. The molecule has 1 amide bonds. The first-order valence-corrected chi connectivity index (χ1v) is 9.06. The van der Waals surface area contributed by atoms with E-state index in [0.29, 0.717) is 5.69 Å². The van der Waals surface area contributed by atoms with Crippen LogP contribution in [0, 0.1) is 0 Å². The third-order valence-electron chi connectivity index (χ3n) is 4.05. The summed E-state index contributed by atoms with van der Waals surface area (Å²) in [6.07, 6.45) is 4.44. The third kappa shape index (κ3) is 4.90. The van der Waals surface area contributed by atoms with Gasteiger partial charge < -0.3 is 14.8 Å². The molecule has 1 heterocycles. The van der Waals surface area contributed by atoms with Gasteiger partial charge in [0.1, 0.15) is 11.3 Å². The molecule has 0 unspecified atom stereocenters. The normalized spacial score (nSPS) is 10.7. The van der Waals surface area contributed by atoms with Crippen LogP contribution in [0.15, 0.2) is 66.9 Å². The van der Waals surface area contributed by atoms with Crippen molar-refractivity contribution < 1.29 is 19.1 Å². The molecule has 0 fully saturated rings. The van der Waals surface area contributed by atoms with Crippen molar-refractivity contribution in [1.82, 2.24) is 9.78 Å².